The van der Waals surface area contributed by atoms with E-state index in [1.807, 2.05) is 56.3 Å². The largest absolute Gasteiger partial charge is 0.463 e. The first-order valence-electron chi connectivity index (χ1n) is 12.8. The number of benzene rings is 1. The van der Waals surface area contributed by atoms with Crippen molar-refractivity contribution in [3.8, 4) is 0 Å². The predicted octanol–water partition coefficient (Wildman–Crippen LogP) is 3.45. The Balaban J connectivity index is 1.68. The van der Waals surface area contributed by atoms with Gasteiger partial charge < -0.3 is 20.5 Å². The number of rotatable bonds is 6. The minimum atomic E-state index is -0.770. The Labute approximate surface area is 208 Å². The van der Waals surface area contributed by atoms with E-state index < -0.39 is 17.0 Å². The standard InChI is InChI=1S/C28H40N2O5/c1-27(2)20-35-26(34)23(17-21-11-5-3-6-12-21)14-8-4-7-13-22(25(33)30-27)18-24(32)29-28(19-31)15-9-10-16-28/h3-7,11-12,22-23,31H,8-10,13-20H2,1-2H3,(H,29,32)(H,30,33)/t22-,23-/m1/s1. The van der Waals surface area contributed by atoms with E-state index in [-0.39, 0.29) is 43.3 Å². The van der Waals surface area contributed by atoms with Crippen LogP contribution in [0.1, 0.15) is 70.8 Å². The summed E-state index contributed by atoms with van der Waals surface area (Å²) in [5.74, 6) is -1.52. The molecule has 1 aliphatic heterocycles. The lowest BCUT2D eigenvalue weighted by atomic mass is 9.93. The van der Waals surface area contributed by atoms with Crippen molar-refractivity contribution >= 4 is 17.8 Å². The molecular formula is C28H40N2O5. The van der Waals surface area contributed by atoms with Crippen LogP contribution in [0.5, 0.6) is 0 Å². The second kappa shape index (κ2) is 12.3. The van der Waals surface area contributed by atoms with Crippen LogP contribution in [0.3, 0.4) is 0 Å². The van der Waals surface area contributed by atoms with Gasteiger partial charge in [-0.15, -0.1) is 0 Å². The fourth-order valence-corrected chi connectivity index (χ4v) is 4.95. The lowest BCUT2D eigenvalue weighted by Gasteiger charge is -2.30. The van der Waals surface area contributed by atoms with Crippen LogP contribution in [-0.4, -0.2) is 47.2 Å². The van der Waals surface area contributed by atoms with Gasteiger partial charge in [0.15, 0.2) is 0 Å². The van der Waals surface area contributed by atoms with Crippen molar-refractivity contribution in [2.45, 2.75) is 82.7 Å². The molecule has 0 aromatic heterocycles. The van der Waals surface area contributed by atoms with Gasteiger partial charge in [-0.3, -0.25) is 14.4 Å². The van der Waals surface area contributed by atoms with Crippen LogP contribution < -0.4 is 10.6 Å². The van der Waals surface area contributed by atoms with E-state index in [9.17, 15) is 19.5 Å². The third kappa shape index (κ3) is 8.20. The molecule has 7 nitrogen and oxygen atoms in total. The fourth-order valence-electron chi connectivity index (χ4n) is 4.95. The Morgan fingerprint density at radius 2 is 1.83 bits per heavy atom. The van der Waals surface area contributed by atoms with Crippen LogP contribution in [0.25, 0.3) is 0 Å². The number of allylic oxidation sites excluding steroid dienone is 2. The van der Waals surface area contributed by atoms with Gasteiger partial charge in [-0.1, -0.05) is 55.3 Å². The van der Waals surface area contributed by atoms with Crippen LogP contribution in [0.2, 0.25) is 0 Å². The molecule has 3 N–H and O–H groups in total. The highest BCUT2D eigenvalue weighted by atomic mass is 16.5. The molecule has 1 aromatic carbocycles. The average molecular weight is 485 g/mol. The number of hydrogen-bond donors (Lipinski definition) is 3. The molecule has 0 bridgehead atoms. The molecule has 7 heteroatoms. The van der Waals surface area contributed by atoms with Gasteiger partial charge in [0.05, 0.1) is 29.5 Å². The molecule has 3 rings (SSSR count). The van der Waals surface area contributed by atoms with Crippen LogP contribution in [0, 0.1) is 11.8 Å². The molecule has 1 fully saturated rings. The zero-order valence-electron chi connectivity index (χ0n) is 21.1. The average Bonchev–Trinajstić information content (AvgIpc) is 3.29. The van der Waals surface area contributed by atoms with Gasteiger partial charge in [-0.2, -0.15) is 0 Å². The second-order valence-electron chi connectivity index (χ2n) is 10.7. The maximum absolute atomic E-state index is 13.1. The summed E-state index contributed by atoms with van der Waals surface area (Å²) in [6.45, 7) is 3.60. The first-order valence-corrected chi connectivity index (χ1v) is 12.8. The fraction of sp³-hybridized carbons (Fsp3) is 0.607. The van der Waals surface area contributed by atoms with E-state index in [1.165, 1.54) is 0 Å². The summed E-state index contributed by atoms with van der Waals surface area (Å²) in [7, 11) is 0. The van der Waals surface area contributed by atoms with E-state index in [0.717, 1.165) is 31.2 Å². The molecule has 0 unspecified atom stereocenters. The summed E-state index contributed by atoms with van der Waals surface area (Å²) in [5, 5.41) is 15.8. The summed E-state index contributed by atoms with van der Waals surface area (Å²) in [6.07, 6.45) is 9.81. The molecule has 1 aromatic rings. The molecule has 35 heavy (non-hydrogen) atoms. The smallest absolute Gasteiger partial charge is 0.309 e. The van der Waals surface area contributed by atoms with Crippen LogP contribution in [-0.2, 0) is 25.5 Å². The van der Waals surface area contributed by atoms with E-state index >= 15 is 0 Å². The summed E-state index contributed by atoms with van der Waals surface area (Å²) in [4.78, 5) is 38.8. The molecule has 1 heterocycles. The van der Waals surface area contributed by atoms with E-state index in [2.05, 4.69) is 10.6 Å². The van der Waals surface area contributed by atoms with Crippen LogP contribution >= 0.6 is 0 Å². The number of carbonyl (C=O) groups excluding carboxylic acids is 3. The number of carbonyl (C=O) groups is 3. The molecule has 0 saturated heterocycles. The molecule has 1 aliphatic carbocycles. The Bertz CT molecular complexity index is 890. The molecule has 2 atom stereocenters. The van der Waals surface area contributed by atoms with Crippen molar-refractivity contribution in [3.63, 3.8) is 0 Å². The molecule has 0 radical (unpaired) electrons. The monoisotopic (exact) mass is 484 g/mol. The number of hydrogen-bond acceptors (Lipinski definition) is 5. The third-order valence-electron chi connectivity index (χ3n) is 7.03. The van der Waals surface area contributed by atoms with Gasteiger partial charge in [0.25, 0.3) is 0 Å². The Hall–Kier alpha value is -2.67. The van der Waals surface area contributed by atoms with Crippen molar-refractivity contribution in [1.29, 1.82) is 0 Å². The zero-order chi connectivity index (χ0) is 25.3. The van der Waals surface area contributed by atoms with Crippen LogP contribution in [0.15, 0.2) is 42.5 Å². The lowest BCUT2D eigenvalue weighted by molar-refractivity contribution is -0.151. The predicted molar refractivity (Wildman–Crippen MR) is 134 cm³/mol. The summed E-state index contributed by atoms with van der Waals surface area (Å²) >= 11 is 0. The molecule has 1 saturated carbocycles. The number of aliphatic hydroxyl groups excluding tert-OH is 1. The van der Waals surface area contributed by atoms with Gasteiger partial charge >= 0.3 is 5.97 Å². The normalized spacial score (nSPS) is 24.9. The number of nitrogens with one attached hydrogen (secondary N) is 2. The molecular weight excluding hydrogens is 444 g/mol. The summed E-state index contributed by atoms with van der Waals surface area (Å²) < 4.78 is 5.65. The topological polar surface area (TPSA) is 105 Å². The van der Waals surface area contributed by atoms with Gasteiger partial charge in [0.1, 0.15) is 6.61 Å². The molecule has 192 valence electrons. The van der Waals surface area contributed by atoms with E-state index in [1.54, 1.807) is 0 Å². The lowest BCUT2D eigenvalue weighted by Crippen LogP contribution is -2.52. The van der Waals surface area contributed by atoms with E-state index in [0.29, 0.717) is 25.7 Å². The van der Waals surface area contributed by atoms with E-state index in [4.69, 9.17) is 4.74 Å². The highest BCUT2D eigenvalue weighted by molar-refractivity contribution is 5.86. The quantitative estimate of drug-likeness (QED) is 0.424. The number of ether oxygens (including phenoxy) is 1. The van der Waals surface area contributed by atoms with Crippen LogP contribution in [0.4, 0.5) is 0 Å². The van der Waals surface area contributed by atoms with Crippen molar-refractivity contribution in [2.75, 3.05) is 13.2 Å². The first-order chi connectivity index (χ1) is 16.7. The van der Waals surface area contributed by atoms with Gasteiger partial charge in [0, 0.05) is 6.42 Å². The first kappa shape index (κ1) is 26.9. The Morgan fingerprint density at radius 1 is 1.11 bits per heavy atom. The third-order valence-corrected chi connectivity index (χ3v) is 7.03. The minimum Gasteiger partial charge on any atom is -0.463 e. The number of cyclic esters (lactones) is 1. The Morgan fingerprint density at radius 3 is 2.51 bits per heavy atom. The molecule has 2 aliphatic rings. The van der Waals surface area contributed by atoms with Crippen molar-refractivity contribution < 1.29 is 24.2 Å². The SMILES string of the molecule is CC1(C)COC(=O)[C@@H](Cc2ccccc2)CCC=CC[C@H](CC(=O)NC2(CO)CCCC2)C(=O)N1. The van der Waals surface area contributed by atoms with Gasteiger partial charge in [-0.05, 0) is 57.9 Å². The van der Waals surface area contributed by atoms with Gasteiger partial charge in [0.2, 0.25) is 11.8 Å². The number of aliphatic hydroxyl groups is 1. The maximum Gasteiger partial charge on any atom is 0.309 e. The van der Waals surface area contributed by atoms with Crippen molar-refractivity contribution in [1.82, 2.24) is 10.6 Å². The Kier molecular flexibility index (Phi) is 9.49. The summed E-state index contributed by atoms with van der Waals surface area (Å²) in [5.41, 5.74) is -0.244. The van der Waals surface area contributed by atoms with Gasteiger partial charge in [-0.25, -0.2) is 0 Å². The number of esters is 1. The minimum absolute atomic E-state index is 0.0461. The summed E-state index contributed by atoms with van der Waals surface area (Å²) in [6, 6.07) is 9.90. The highest BCUT2D eigenvalue weighted by Gasteiger charge is 2.36. The number of amides is 2. The highest BCUT2D eigenvalue weighted by Crippen LogP contribution is 2.29. The van der Waals surface area contributed by atoms with Crippen molar-refractivity contribution in [3.05, 3.63) is 48.0 Å². The molecule has 0 spiro atoms. The molecule has 2 amide bonds. The zero-order valence-corrected chi connectivity index (χ0v) is 21.1. The maximum atomic E-state index is 13.1. The van der Waals surface area contributed by atoms with Crippen molar-refractivity contribution in [2.24, 2.45) is 11.8 Å². The second-order valence-corrected chi connectivity index (χ2v) is 10.7.